The summed E-state index contributed by atoms with van der Waals surface area (Å²) in [6.45, 7) is 0.378. The number of carbonyl (C=O) groups excluding carboxylic acids is 2. The van der Waals surface area contributed by atoms with Crippen LogP contribution in [0.5, 0.6) is 5.75 Å². The maximum atomic E-state index is 12.2. The molecule has 1 fully saturated rings. The Morgan fingerprint density at radius 1 is 1.17 bits per heavy atom. The minimum Gasteiger partial charge on any atom is -0.497 e. The summed E-state index contributed by atoms with van der Waals surface area (Å²) in [7, 11) is 1.61. The van der Waals surface area contributed by atoms with Crippen molar-refractivity contribution in [1.82, 2.24) is 15.6 Å². The summed E-state index contributed by atoms with van der Waals surface area (Å²) in [5.74, 6) is 0.289. The van der Waals surface area contributed by atoms with Crippen LogP contribution in [0.15, 0.2) is 42.6 Å². The number of hydrogen-bond acceptors (Lipinski definition) is 4. The predicted octanol–water partition coefficient (Wildman–Crippen LogP) is 1.91. The van der Waals surface area contributed by atoms with E-state index in [2.05, 4.69) is 15.6 Å². The van der Waals surface area contributed by atoms with E-state index in [1.165, 1.54) is 12.3 Å². The molecule has 3 rings (SSSR count). The zero-order chi connectivity index (χ0) is 16.9. The average Bonchev–Trinajstić information content (AvgIpc) is 3.44. The molecule has 1 aromatic carbocycles. The van der Waals surface area contributed by atoms with Crippen LogP contribution in [0, 0.1) is 0 Å². The summed E-state index contributed by atoms with van der Waals surface area (Å²) in [5.41, 5.74) is 1.63. The Labute approximate surface area is 140 Å². The lowest BCUT2D eigenvalue weighted by Crippen LogP contribution is -2.27. The number of carbonyl (C=O) groups is 2. The fraction of sp³-hybridized carbons (Fsp3) is 0.278. The highest BCUT2D eigenvalue weighted by atomic mass is 16.5. The van der Waals surface area contributed by atoms with Gasteiger partial charge in [0, 0.05) is 24.3 Å². The fourth-order valence-corrected chi connectivity index (χ4v) is 2.21. The first-order chi connectivity index (χ1) is 11.7. The lowest BCUT2D eigenvalue weighted by molar-refractivity contribution is 0.0946. The van der Waals surface area contributed by atoms with E-state index in [9.17, 15) is 9.59 Å². The number of hydrogen-bond donors (Lipinski definition) is 2. The Hall–Kier alpha value is -2.89. The minimum atomic E-state index is -0.313. The molecule has 0 unspecified atom stereocenters. The molecule has 1 aliphatic rings. The van der Waals surface area contributed by atoms with E-state index in [1.807, 2.05) is 24.3 Å². The summed E-state index contributed by atoms with van der Waals surface area (Å²) >= 11 is 0. The largest absolute Gasteiger partial charge is 0.497 e. The van der Waals surface area contributed by atoms with Crippen molar-refractivity contribution in [3.05, 3.63) is 59.4 Å². The molecule has 6 heteroatoms. The van der Waals surface area contributed by atoms with Crippen molar-refractivity contribution in [3.8, 4) is 5.75 Å². The van der Waals surface area contributed by atoms with Crippen molar-refractivity contribution in [1.29, 1.82) is 0 Å². The van der Waals surface area contributed by atoms with E-state index in [1.54, 1.807) is 13.2 Å². The van der Waals surface area contributed by atoms with Gasteiger partial charge in [-0.3, -0.25) is 14.6 Å². The first-order valence-corrected chi connectivity index (χ1v) is 7.84. The molecule has 24 heavy (non-hydrogen) atoms. The van der Waals surface area contributed by atoms with Crippen molar-refractivity contribution in [2.24, 2.45) is 0 Å². The van der Waals surface area contributed by atoms with Crippen molar-refractivity contribution in [2.45, 2.75) is 25.4 Å². The zero-order valence-corrected chi connectivity index (χ0v) is 13.4. The Kier molecular flexibility index (Phi) is 4.74. The first kappa shape index (κ1) is 16.0. The second-order valence-corrected chi connectivity index (χ2v) is 5.71. The first-order valence-electron chi connectivity index (χ1n) is 7.84. The van der Waals surface area contributed by atoms with Gasteiger partial charge in [-0.25, -0.2) is 0 Å². The van der Waals surface area contributed by atoms with E-state index in [-0.39, 0.29) is 23.6 Å². The van der Waals surface area contributed by atoms with Crippen molar-refractivity contribution >= 4 is 11.8 Å². The molecule has 0 bridgehead atoms. The topological polar surface area (TPSA) is 80.3 Å². The second kappa shape index (κ2) is 7.12. The molecule has 6 nitrogen and oxygen atoms in total. The quantitative estimate of drug-likeness (QED) is 0.850. The molecule has 2 amide bonds. The van der Waals surface area contributed by atoms with E-state index in [0.717, 1.165) is 24.2 Å². The van der Waals surface area contributed by atoms with E-state index in [4.69, 9.17) is 4.74 Å². The maximum absolute atomic E-state index is 12.2. The highest BCUT2D eigenvalue weighted by Crippen LogP contribution is 2.19. The van der Waals surface area contributed by atoms with Gasteiger partial charge in [-0.1, -0.05) is 12.1 Å². The second-order valence-electron chi connectivity index (χ2n) is 5.71. The number of amides is 2. The number of rotatable bonds is 6. The molecule has 0 atom stereocenters. The van der Waals surface area contributed by atoms with Crippen LogP contribution >= 0.6 is 0 Å². The van der Waals surface area contributed by atoms with Crippen LogP contribution in [0.25, 0.3) is 0 Å². The third kappa shape index (κ3) is 4.10. The van der Waals surface area contributed by atoms with Crippen LogP contribution in [0.4, 0.5) is 0 Å². The SMILES string of the molecule is COc1ccc(CNC(=O)c2cc(C(=O)NC3CC3)ccn2)cc1. The molecule has 1 heterocycles. The number of benzene rings is 1. The van der Waals surface area contributed by atoms with Crippen LogP contribution in [0.2, 0.25) is 0 Å². The number of methoxy groups -OCH3 is 1. The van der Waals surface area contributed by atoms with Crippen LogP contribution in [0.3, 0.4) is 0 Å². The van der Waals surface area contributed by atoms with E-state index < -0.39 is 0 Å². The van der Waals surface area contributed by atoms with Crippen molar-refractivity contribution in [3.63, 3.8) is 0 Å². The van der Waals surface area contributed by atoms with Crippen molar-refractivity contribution in [2.75, 3.05) is 7.11 Å². The third-order valence-corrected chi connectivity index (χ3v) is 3.78. The Balaban J connectivity index is 1.60. The van der Waals surface area contributed by atoms with Gasteiger partial charge in [-0.2, -0.15) is 0 Å². The maximum Gasteiger partial charge on any atom is 0.270 e. The highest BCUT2D eigenvalue weighted by Gasteiger charge is 2.24. The average molecular weight is 325 g/mol. The molecule has 2 aromatic rings. The number of nitrogens with one attached hydrogen (secondary N) is 2. The molecule has 1 saturated carbocycles. The van der Waals surface area contributed by atoms with Crippen LogP contribution in [-0.2, 0) is 6.54 Å². The van der Waals surface area contributed by atoms with Crippen molar-refractivity contribution < 1.29 is 14.3 Å². The van der Waals surface area contributed by atoms with Gasteiger partial charge in [-0.05, 0) is 42.7 Å². The lowest BCUT2D eigenvalue weighted by atomic mass is 10.2. The molecule has 0 saturated heterocycles. The Morgan fingerprint density at radius 3 is 2.58 bits per heavy atom. The lowest BCUT2D eigenvalue weighted by Gasteiger charge is -2.07. The van der Waals surface area contributed by atoms with Gasteiger partial charge in [0.2, 0.25) is 0 Å². The molecule has 1 aliphatic carbocycles. The van der Waals surface area contributed by atoms with E-state index in [0.29, 0.717) is 12.1 Å². The summed E-state index contributed by atoms with van der Waals surface area (Å²) in [4.78, 5) is 28.3. The molecule has 124 valence electrons. The summed E-state index contributed by atoms with van der Waals surface area (Å²) in [6, 6.07) is 10.8. The normalized spacial score (nSPS) is 13.2. The fourth-order valence-electron chi connectivity index (χ4n) is 2.21. The van der Waals surface area contributed by atoms with Crippen LogP contribution < -0.4 is 15.4 Å². The van der Waals surface area contributed by atoms with Gasteiger partial charge in [0.1, 0.15) is 11.4 Å². The highest BCUT2D eigenvalue weighted by molar-refractivity contribution is 5.98. The number of aromatic nitrogens is 1. The number of pyridine rings is 1. The molecule has 0 radical (unpaired) electrons. The summed E-state index contributed by atoms with van der Waals surface area (Å²) < 4.78 is 5.10. The summed E-state index contributed by atoms with van der Waals surface area (Å²) in [6.07, 6.45) is 3.52. The van der Waals surface area contributed by atoms with Gasteiger partial charge < -0.3 is 15.4 Å². The Morgan fingerprint density at radius 2 is 1.92 bits per heavy atom. The number of nitrogens with zero attached hydrogens (tertiary/aromatic N) is 1. The van der Waals surface area contributed by atoms with Gasteiger partial charge in [0.05, 0.1) is 7.11 Å². The van der Waals surface area contributed by atoms with Crippen LogP contribution in [0.1, 0.15) is 39.3 Å². The molecule has 2 N–H and O–H groups in total. The standard InChI is InChI=1S/C18H19N3O3/c1-24-15-6-2-12(3-7-15)11-20-18(23)16-10-13(8-9-19-16)17(22)21-14-4-5-14/h2-3,6-10,14H,4-5,11H2,1H3,(H,20,23)(H,21,22). The summed E-state index contributed by atoms with van der Waals surface area (Å²) in [5, 5.41) is 5.69. The number of ether oxygens (including phenoxy) is 1. The van der Waals surface area contributed by atoms with Gasteiger partial charge in [0.25, 0.3) is 11.8 Å². The van der Waals surface area contributed by atoms with Crippen LogP contribution in [-0.4, -0.2) is 29.9 Å². The van der Waals surface area contributed by atoms with Gasteiger partial charge >= 0.3 is 0 Å². The zero-order valence-electron chi connectivity index (χ0n) is 13.4. The van der Waals surface area contributed by atoms with Gasteiger partial charge in [-0.15, -0.1) is 0 Å². The van der Waals surface area contributed by atoms with Gasteiger partial charge in [0.15, 0.2) is 0 Å². The molecular formula is C18H19N3O3. The smallest absolute Gasteiger partial charge is 0.270 e. The predicted molar refractivity (Wildman–Crippen MR) is 88.9 cm³/mol. The molecule has 0 spiro atoms. The molecule has 0 aliphatic heterocycles. The van der Waals surface area contributed by atoms with E-state index >= 15 is 0 Å². The minimum absolute atomic E-state index is 0.163. The Bertz CT molecular complexity index is 739. The monoisotopic (exact) mass is 325 g/mol. The third-order valence-electron chi connectivity index (χ3n) is 3.78. The molecular weight excluding hydrogens is 306 g/mol. The molecule has 1 aromatic heterocycles.